The van der Waals surface area contributed by atoms with Gasteiger partial charge >= 0.3 is 5.97 Å². The SMILES string of the molecule is O=C(O)c1cc(Cl)nc(Sc2ccccc2F)c1. The highest BCUT2D eigenvalue weighted by Gasteiger charge is 2.10. The van der Waals surface area contributed by atoms with Crippen molar-refractivity contribution < 1.29 is 14.3 Å². The molecule has 3 nitrogen and oxygen atoms in total. The third-order valence-electron chi connectivity index (χ3n) is 2.07. The Bertz CT molecular complexity index is 606. The van der Waals surface area contributed by atoms with Crippen LogP contribution >= 0.6 is 23.4 Å². The molecule has 0 unspecified atom stereocenters. The molecule has 0 atom stereocenters. The second kappa shape index (κ2) is 5.37. The van der Waals surface area contributed by atoms with Crippen molar-refractivity contribution in [3.8, 4) is 0 Å². The molecule has 0 aliphatic rings. The molecule has 0 aliphatic heterocycles. The van der Waals surface area contributed by atoms with E-state index in [-0.39, 0.29) is 16.5 Å². The number of aromatic carboxylic acids is 1. The molecule has 2 aromatic rings. The third kappa shape index (κ3) is 3.00. The molecular formula is C12H7ClFNO2S. The Morgan fingerprint density at radius 3 is 2.72 bits per heavy atom. The van der Waals surface area contributed by atoms with Crippen LogP contribution in [0.1, 0.15) is 10.4 Å². The van der Waals surface area contributed by atoms with Crippen LogP contribution in [0.3, 0.4) is 0 Å². The van der Waals surface area contributed by atoms with Crippen LogP contribution in [0, 0.1) is 5.82 Å². The van der Waals surface area contributed by atoms with Crippen molar-refractivity contribution in [2.45, 2.75) is 9.92 Å². The summed E-state index contributed by atoms with van der Waals surface area (Å²) < 4.78 is 13.4. The largest absolute Gasteiger partial charge is 0.478 e. The lowest BCUT2D eigenvalue weighted by molar-refractivity contribution is 0.0696. The van der Waals surface area contributed by atoms with Gasteiger partial charge in [0.1, 0.15) is 16.0 Å². The van der Waals surface area contributed by atoms with E-state index in [4.69, 9.17) is 16.7 Å². The van der Waals surface area contributed by atoms with E-state index in [2.05, 4.69) is 4.98 Å². The van der Waals surface area contributed by atoms with Crippen molar-refractivity contribution in [2.75, 3.05) is 0 Å². The van der Waals surface area contributed by atoms with E-state index in [1.807, 2.05) is 0 Å². The summed E-state index contributed by atoms with van der Waals surface area (Å²) >= 11 is 6.74. The van der Waals surface area contributed by atoms with Crippen LogP contribution < -0.4 is 0 Å². The number of aromatic nitrogens is 1. The molecule has 0 fully saturated rings. The highest BCUT2D eigenvalue weighted by Crippen LogP contribution is 2.29. The molecule has 0 aliphatic carbocycles. The predicted molar refractivity (Wildman–Crippen MR) is 66.7 cm³/mol. The summed E-state index contributed by atoms with van der Waals surface area (Å²) in [5.74, 6) is -1.49. The van der Waals surface area contributed by atoms with Gasteiger partial charge in [0.15, 0.2) is 0 Å². The Balaban J connectivity index is 2.35. The Hall–Kier alpha value is -1.59. The van der Waals surface area contributed by atoms with Crippen molar-refractivity contribution in [2.24, 2.45) is 0 Å². The lowest BCUT2D eigenvalue weighted by Crippen LogP contribution is -1.97. The summed E-state index contributed by atoms with van der Waals surface area (Å²) in [7, 11) is 0. The normalized spacial score (nSPS) is 10.3. The molecule has 1 heterocycles. The van der Waals surface area contributed by atoms with Crippen molar-refractivity contribution in [3.05, 3.63) is 52.9 Å². The highest BCUT2D eigenvalue weighted by atomic mass is 35.5. The Morgan fingerprint density at radius 2 is 2.06 bits per heavy atom. The summed E-state index contributed by atoms with van der Waals surface area (Å²) in [4.78, 5) is 15.2. The number of hydrogen-bond acceptors (Lipinski definition) is 3. The molecule has 0 amide bonds. The zero-order chi connectivity index (χ0) is 13.1. The summed E-state index contributed by atoms with van der Waals surface area (Å²) in [6.07, 6.45) is 0. The average Bonchev–Trinajstić information content (AvgIpc) is 2.31. The van der Waals surface area contributed by atoms with Gasteiger partial charge in [-0.25, -0.2) is 14.2 Å². The average molecular weight is 284 g/mol. The molecule has 18 heavy (non-hydrogen) atoms. The number of rotatable bonds is 3. The van der Waals surface area contributed by atoms with Gasteiger partial charge in [-0.05, 0) is 24.3 Å². The quantitative estimate of drug-likeness (QED) is 0.872. The number of carbonyl (C=O) groups is 1. The third-order valence-corrected chi connectivity index (χ3v) is 3.23. The van der Waals surface area contributed by atoms with E-state index in [0.717, 1.165) is 11.8 Å². The zero-order valence-electron chi connectivity index (χ0n) is 8.93. The first-order chi connectivity index (χ1) is 8.56. The molecule has 1 aromatic carbocycles. The summed E-state index contributed by atoms with van der Waals surface area (Å²) in [5.41, 5.74) is 0.0221. The number of pyridine rings is 1. The lowest BCUT2D eigenvalue weighted by Gasteiger charge is -2.04. The molecule has 1 aromatic heterocycles. The van der Waals surface area contributed by atoms with Crippen LogP contribution in [0.2, 0.25) is 5.15 Å². The first kappa shape index (κ1) is 12.9. The van der Waals surface area contributed by atoms with Crippen LogP contribution in [0.25, 0.3) is 0 Å². The van der Waals surface area contributed by atoms with Gasteiger partial charge in [0.05, 0.1) is 5.56 Å². The monoisotopic (exact) mass is 283 g/mol. The van der Waals surface area contributed by atoms with E-state index in [1.165, 1.54) is 18.2 Å². The van der Waals surface area contributed by atoms with Crippen molar-refractivity contribution in [1.82, 2.24) is 4.98 Å². The standard InChI is InChI=1S/C12H7ClFNO2S/c13-10-5-7(12(16)17)6-11(15-10)18-9-4-2-1-3-8(9)14/h1-6H,(H,16,17). The summed E-state index contributed by atoms with van der Waals surface area (Å²) in [6, 6.07) is 8.77. The summed E-state index contributed by atoms with van der Waals surface area (Å²) in [6.45, 7) is 0. The van der Waals surface area contributed by atoms with Gasteiger partial charge in [-0.2, -0.15) is 0 Å². The van der Waals surface area contributed by atoms with E-state index < -0.39 is 5.97 Å². The van der Waals surface area contributed by atoms with Crippen molar-refractivity contribution >= 4 is 29.3 Å². The van der Waals surface area contributed by atoms with E-state index in [9.17, 15) is 9.18 Å². The Labute approximate surface area is 112 Å². The number of benzene rings is 1. The fourth-order valence-corrected chi connectivity index (χ4v) is 2.41. The fourth-order valence-electron chi connectivity index (χ4n) is 1.29. The molecule has 0 spiro atoms. The molecule has 0 saturated carbocycles. The fraction of sp³-hybridized carbons (Fsp3) is 0. The predicted octanol–water partition coefficient (Wildman–Crippen LogP) is 3.72. The van der Waals surface area contributed by atoms with Gasteiger partial charge < -0.3 is 5.11 Å². The second-order valence-electron chi connectivity index (χ2n) is 3.35. The molecule has 0 bridgehead atoms. The maximum Gasteiger partial charge on any atom is 0.335 e. The van der Waals surface area contributed by atoms with Gasteiger partial charge in [0, 0.05) is 4.90 Å². The lowest BCUT2D eigenvalue weighted by atomic mass is 10.3. The number of nitrogens with zero attached hydrogens (tertiary/aromatic N) is 1. The molecule has 0 saturated heterocycles. The molecule has 92 valence electrons. The van der Waals surface area contributed by atoms with Crippen LogP contribution in [0.5, 0.6) is 0 Å². The first-order valence-corrected chi connectivity index (χ1v) is 6.09. The van der Waals surface area contributed by atoms with Crippen LogP contribution in [0.15, 0.2) is 46.3 Å². The minimum atomic E-state index is -1.10. The second-order valence-corrected chi connectivity index (χ2v) is 4.80. The maximum atomic E-state index is 13.4. The van der Waals surface area contributed by atoms with Crippen LogP contribution in [-0.2, 0) is 0 Å². The number of halogens is 2. The van der Waals surface area contributed by atoms with E-state index >= 15 is 0 Å². The molecular weight excluding hydrogens is 277 g/mol. The van der Waals surface area contributed by atoms with Gasteiger partial charge in [-0.1, -0.05) is 35.5 Å². The highest BCUT2D eigenvalue weighted by molar-refractivity contribution is 7.99. The molecule has 2 rings (SSSR count). The van der Waals surface area contributed by atoms with Gasteiger partial charge in [0.25, 0.3) is 0 Å². The molecule has 0 radical (unpaired) electrons. The number of carboxylic acid groups (broad SMARTS) is 1. The van der Waals surface area contributed by atoms with Gasteiger partial charge in [0.2, 0.25) is 0 Å². The first-order valence-electron chi connectivity index (χ1n) is 4.89. The van der Waals surface area contributed by atoms with E-state index in [0.29, 0.717) is 9.92 Å². The zero-order valence-corrected chi connectivity index (χ0v) is 10.5. The number of carboxylic acids is 1. The topological polar surface area (TPSA) is 50.2 Å². The minimum Gasteiger partial charge on any atom is -0.478 e. The van der Waals surface area contributed by atoms with E-state index in [1.54, 1.807) is 18.2 Å². The van der Waals surface area contributed by atoms with Crippen molar-refractivity contribution in [1.29, 1.82) is 0 Å². The van der Waals surface area contributed by atoms with Gasteiger partial charge in [-0.3, -0.25) is 0 Å². The molecule has 1 N–H and O–H groups in total. The van der Waals surface area contributed by atoms with Gasteiger partial charge in [-0.15, -0.1) is 0 Å². The van der Waals surface area contributed by atoms with Crippen LogP contribution in [0.4, 0.5) is 4.39 Å². The molecule has 6 heteroatoms. The Kier molecular flexibility index (Phi) is 3.84. The Morgan fingerprint density at radius 1 is 1.33 bits per heavy atom. The van der Waals surface area contributed by atoms with Crippen molar-refractivity contribution in [3.63, 3.8) is 0 Å². The van der Waals surface area contributed by atoms with Crippen LogP contribution in [-0.4, -0.2) is 16.1 Å². The summed E-state index contributed by atoms with van der Waals surface area (Å²) in [5, 5.41) is 9.29. The minimum absolute atomic E-state index is 0.0221. The number of hydrogen-bond donors (Lipinski definition) is 1. The smallest absolute Gasteiger partial charge is 0.335 e. The maximum absolute atomic E-state index is 13.4.